The quantitative estimate of drug-likeness (QED) is 0.539. The topological polar surface area (TPSA) is 91.4 Å². The van der Waals surface area contributed by atoms with Crippen LogP contribution in [0.1, 0.15) is 34.2 Å². The monoisotopic (exact) mass is 497 g/mol. The summed E-state index contributed by atoms with van der Waals surface area (Å²) in [6.45, 7) is 4.77. The number of pyridine rings is 1. The Morgan fingerprint density at radius 2 is 1.91 bits per heavy atom. The molecule has 32 heavy (non-hydrogen) atoms. The van der Waals surface area contributed by atoms with Crippen LogP contribution in [0.2, 0.25) is 0 Å². The molecule has 0 bridgehead atoms. The van der Waals surface area contributed by atoms with Gasteiger partial charge in [0.1, 0.15) is 11.5 Å². The minimum Gasteiger partial charge on any atom is -0.462 e. The van der Waals surface area contributed by atoms with Crippen molar-refractivity contribution in [3.63, 3.8) is 0 Å². The number of carbonyl (C=O) groups is 2. The first-order chi connectivity index (χ1) is 15.5. The average Bonchev–Trinajstić information content (AvgIpc) is 3.17. The maximum absolute atomic E-state index is 13.0. The number of aromatic amines is 1. The number of aromatic nitrogens is 3. The second-order valence-corrected chi connectivity index (χ2v) is 8.35. The van der Waals surface area contributed by atoms with Crippen LogP contribution in [0.25, 0.3) is 11.3 Å². The highest BCUT2D eigenvalue weighted by molar-refractivity contribution is 9.10. The summed E-state index contributed by atoms with van der Waals surface area (Å²) in [4.78, 5) is 33.2. The van der Waals surface area contributed by atoms with E-state index in [0.717, 1.165) is 34.5 Å². The molecule has 0 saturated carbocycles. The van der Waals surface area contributed by atoms with Crippen molar-refractivity contribution in [2.75, 3.05) is 37.7 Å². The number of amides is 1. The molecule has 0 aliphatic carbocycles. The molecule has 3 heterocycles. The Hall–Kier alpha value is -3.20. The first kappa shape index (κ1) is 22.0. The summed E-state index contributed by atoms with van der Waals surface area (Å²) in [7, 11) is 0. The van der Waals surface area contributed by atoms with Crippen LogP contribution < -0.4 is 4.90 Å². The Morgan fingerprint density at radius 1 is 1.09 bits per heavy atom. The summed E-state index contributed by atoms with van der Waals surface area (Å²) < 4.78 is 6.00. The molecule has 9 heteroatoms. The van der Waals surface area contributed by atoms with E-state index in [1.54, 1.807) is 19.1 Å². The van der Waals surface area contributed by atoms with Crippen LogP contribution in [0.4, 0.5) is 5.82 Å². The summed E-state index contributed by atoms with van der Waals surface area (Å²) in [6.07, 6.45) is 2.36. The summed E-state index contributed by atoms with van der Waals surface area (Å²) in [5.41, 5.74) is 2.60. The molecule has 166 valence electrons. The predicted molar refractivity (Wildman–Crippen MR) is 125 cm³/mol. The van der Waals surface area contributed by atoms with Gasteiger partial charge in [-0.15, -0.1) is 0 Å². The summed E-state index contributed by atoms with van der Waals surface area (Å²) in [5, 5.41) is 7.19. The van der Waals surface area contributed by atoms with Crippen LogP contribution in [0, 0.1) is 0 Å². The summed E-state index contributed by atoms with van der Waals surface area (Å²) in [5.74, 6) is 0.348. The molecule has 1 fully saturated rings. The molecule has 3 aromatic rings. The van der Waals surface area contributed by atoms with Crippen LogP contribution in [-0.4, -0.2) is 64.7 Å². The van der Waals surface area contributed by atoms with E-state index >= 15 is 0 Å². The van der Waals surface area contributed by atoms with Crippen molar-refractivity contribution >= 4 is 33.6 Å². The number of anilines is 1. The molecule has 4 rings (SSSR count). The molecule has 2 aromatic heterocycles. The number of carbonyl (C=O) groups excluding carboxylic acids is 2. The van der Waals surface area contributed by atoms with E-state index in [2.05, 4.69) is 36.0 Å². The minimum absolute atomic E-state index is 0.0617. The standard InChI is InChI=1S/C23H24BrN5O3/c1-2-32-23(31)17-6-9-21(25-15-17)28-10-3-11-29(13-12-28)22(30)20-14-19(26-27-20)16-4-7-18(24)8-5-16/h4-9,14-15H,2-3,10-13H2,1H3,(H,26,27). The van der Waals surface area contributed by atoms with Crippen molar-refractivity contribution in [1.82, 2.24) is 20.1 Å². The lowest BCUT2D eigenvalue weighted by Crippen LogP contribution is -2.35. The lowest BCUT2D eigenvalue weighted by molar-refractivity contribution is 0.0525. The van der Waals surface area contributed by atoms with Crippen molar-refractivity contribution in [3.8, 4) is 11.3 Å². The summed E-state index contributed by atoms with van der Waals surface area (Å²) >= 11 is 3.43. The molecular weight excluding hydrogens is 474 g/mol. The largest absolute Gasteiger partial charge is 0.462 e. The number of rotatable bonds is 5. The molecule has 0 unspecified atom stereocenters. The smallest absolute Gasteiger partial charge is 0.339 e. The fourth-order valence-corrected chi connectivity index (χ4v) is 3.89. The van der Waals surface area contributed by atoms with Gasteiger partial charge in [-0.3, -0.25) is 9.89 Å². The third-order valence-corrected chi connectivity index (χ3v) is 5.84. The molecular formula is C23H24BrN5O3. The van der Waals surface area contributed by atoms with Gasteiger partial charge in [-0.05, 0) is 43.7 Å². The van der Waals surface area contributed by atoms with Gasteiger partial charge in [0.05, 0.1) is 17.9 Å². The maximum atomic E-state index is 13.0. The van der Waals surface area contributed by atoms with E-state index in [-0.39, 0.29) is 11.9 Å². The van der Waals surface area contributed by atoms with Crippen molar-refractivity contribution in [2.45, 2.75) is 13.3 Å². The van der Waals surface area contributed by atoms with E-state index in [9.17, 15) is 9.59 Å². The van der Waals surface area contributed by atoms with Crippen LogP contribution in [0.15, 0.2) is 53.1 Å². The lowest BCUT2D eigenvalue weighted by Gasteiger charge is -2.22. The molecule has 8 nitrogen and oxygen atoms in total. The summed E-state index contributed by atoms with van der Waals surface area (Å²) in [6, 6.07) is 13.1. The van der Waals surface area contributed by atoms with Crippen molar-refractivity contribution < 1.29 is 14.3 Å². The molecule has 1 aliphatic rings. The Bertz CT molecular complexity index is 1080. The van der Waals surface area contributed by atoms with Crippen LogP contribution in [0.5, 0.6) is 0 Å². The molecule has 0 atom stereocenters. The van der Waals surface area contributed by atoms with Gasteiger partial charge in [0.25, 0.3) is 5.91 Å². The van der Waals surface area contributed by atoms with E-state index in [4.69, 9.17) is 4.74 Å². The lowest BCUT2D eigenvalue weighted by atomic mass is 10.1. The van der Waals surface area contributed by atoms with Gasteiger partial charge in [-0.2, -0.15) is 5.10 Å². The van der Waals surface area contributed by atoms with Crippen LogP contribution >= 0.6 is 15.9 Å². The van der Waals surface area contributed by atoms with Crippen molar-refractivity contribution in [3.05, 3.63) is 64.4 Å². The third-order valence-electron chi connectivity index (χ3n) is 5.31. The number of halogens is 1. The second kappa shape index (κ2) is 9.95. The normalized spacial score (nSPS) is 14.2. The highest BCUT2D eigenvalue weighted by atomic mass is 79.9. The zero-order chi connectivity index (χ0) is 22.5. The van der Waals surface area contributed by atoms with Gasteiger partial charge in [-0.1, -0.05) is 28.1 Å². The van der Waals surface area contributed by atoms with Crippen molar-refractivity contribution in [1.29, 1.82) is 0 Å². The zero-order valence-electron chi connectivity index (χ0n) is 17.8. The van der Waals surface area contributed by atoms with Gasteiger partial charge in [0, 0.05) is 42.4 Å². The van der Waals surface area contributed by atoms with Crippen LogP contribution in [-0.2, 0) is 4.74 Å². The highest BCUT2D eigenvalue weighted by Crippen LogP contribution is 2.21. The molecule has 0 radical (unpaired) electrons. The van der Waals surface area contributed by atoms with E-state index in [1.165, 1.54) is 6.20 Å². The second-order valence-electron chi connectivity index (χ2n) is 7.43. The van der Waals surface area contributed by atoms with Gasteiger partial charge in [0.15, 0.2) is 0 Å². The number of hydrogen-bond donors (Lipinski definition) is 1. The fourth-order valence-electron chi connectivity index (χ4n) is 3.63. The number of H-pyrrole nitrogens is 1. The fraction of sp³-hybridized carbons (Fsp3) is 0.304. The first-order valence-electron chi connectivity index (χ1n) is 10.5. The number of nitrogens with one attached hydrogen (secondary N) is 1. The van der Waals surface area contributed by atoms with E-state index in [0.29, 0.717) is 37.5 Å². The SMILES string of the molecule is CCOC(=O)c1ccc(N2CCCN(C(=O)c3cc(-c4ccc(Br)cc4)n[nH]3)CC2)nc1. The Labute approximate surface area is 194 Å². The third kappa shape index (κ3) is 4.99. The molecule has 1 N–H and O–H groups in total. The van der Waals surface area contributed by atoms with Crippen LogP contribution in [0.3, 0.4) is 0 Å². The maximum Gasteiger partial charge on any atom is 0.339 e. The van der Waals surface area contributed by atoms with Crippen molar-refractivity contribution in [2.24, 2.45) is 0 Å². The number of hydrogen-bond acceptors (Lipinski definition) is 6. The zero-order valence-corrected chi connectivity index (χ0v) is 19.3. The molecule has 1 aromatic carbocycles. The number of benzene rings is 1. The Balaban J connectivity index is 1.39. The predicted octanol–water partition coefficient (Wildman–Crippen LogP) is 3.76. The Kier molecular flexibility index (Phi) is 6.84. The Morgan fingerprint density at radius 3 is 2.62 bits per heavy atom. The first-order valence-corrected chi connectivity index (χ1v) is 11.3. The highest BCUT2D eigenvalue weighted by Gasteiger charge is 2.23. The minimum atomic E-state index is -0.374. The number of nitrogens with zero attached hydrogens (tertiary/aromatic N) is 4. The molecule has 0 spiro atoms. The molecule has 1 amide bonds. The van der Waals surface area contributed by atoms with Gasteiger partial charge in [0.2, 0.25) is 0 Å². The van der Waals surface area contributed by atoms with E-state index < -0.39 is 0 Å². The van der Waals surface area contributed by atoms with Gasteiger partial charge >= 0.3 is 5.97 Å². The van der Waals surface area contributed by atoms with Gasteiger partial charge < -0.3 is 14.5 Å². The van der Waals surface area contributed by atoms with E-state index in [1.807, 2.05) is 35.2 Å². The molecule has 1 saturated heterocycles. The molecule has 1 aliphatic heterocycles. The number of ether oxygens (including phenoxy) is 1. The average molecular weight is 498 g/mol. The number of esters is 1. The van der Waals surface area contributed by atoms with Gasteiger partial charge in [-0.25, -0.2) is 9.78 Å².